The maximum atomic E-state index is 5.30. The molecule has 1 saturated carbocycles. The second kappa shape index (κ2) is 4.38. The zero-order valence-corrected chi connectivity index (χ0v) is 10.0. The van der Waals surface area contributed by atoms with E-state index in [1.54, 1.807) is 7.11 Å². The molecule has 0 aliphatic heterocycles. The van der Waals surface area contributed by atoms with Crippen LogP contribution < -0.4 is 5.32 Å². The summed E-state index contributed by atoms with van der Waals surface area (Å²) < 4.78 is 5.30. The Labute approximate surface area is 102 Å². The van der Waals surface area contributed by atoms with Crippen molar-refractivity contribution in [3.8, 4) is 0 Å². The van der Waals surface area contributed by atoms with Crippen LogP contribution in [0.25, 0.3) is 10.8 Å². The van der Waals surface area contributed by atoms with E-state index in [9.17, 15) is 0 Å². The Hall–Kier alpha value is -1.54. The molecule has 88 valence electrons. The summed E-state index contributed by atoms with van der Waals surface area (Å²) in [6, 6.07) is 15.5. The molecule has 1 N–H and O–H groups in total. The van der Waals surface area contributed by atoms with E-state index in [2.05, 4.69) is 47.8 Å². The summed E-state index contributed by atoms with van der Waals surface area (Å²) in [5.74, 6) is 0. The fourth-order valence-electron chi connectivity index (χ4n) is 2.45. The molecule has 0 atom stereocenters. The first-order valence-electron chi connectivity index (χ1n) is 6.14. The van der Waals surface area contributed by atoms with Crippen molar-refractivity contribution >= 4 is 16.5 Å². The maximum Gasteiger partial charge on any atom is 0.0610 e. The van der Waals surface area contributed by atoms with Crippen LogP contribution in [0.15, 0.2) is 42.5 Å². The molecule has 2 heteroatoms. The van der Waals surface area contributed by atoms with Gasteiger partial charge in [-0.3, -0.25) is 0 Å². The Kier molecular flexibility index (Phi) is 2.73. The molecule has 0 spiro atoms. The third-order valence-electron chi connectivity index (χ3n) is 3.58. The number of benzene rings is 2. The van der Waals surface area contributed by atoms with Crippen LogP contribution in [-0.4, -0.2) is 19.3 Å². The normalized spacial score (nSPS) is 23.4. The van der Waals surface area contributed by atoms with E-state index in [4.69, 9.17) is 4.74 Å². The lowest BCUT2D eigenvalue weighted by Crippen LogP contribution is -2.40. The predicted octanol–water partition coefficient (Wildman–Crippen LogP) is 3.43. The molecule has 0 heterocycles. The standard InChI is InChI=1S/C15H17NO/c1-17-13-9-12(10-13)16-15-8-4-6-11-5-2-3-7-14(11)15/h2-8,12-13,16H,9-10H2,1H3. The highest BCUT2D eigenvalue weighted by atomic mass is 16.5. The molecule has 0 amide bonds. The van der Waals surface area contributed by atoms with Gasteiger partial charge in [-0.2, -0.15) is 0 Å². The smallest absolute Gasteiger partial charge is 0.0610 e. The quantitative estimate of drug-likeness (QED) is 0.867. The van der Waals surface area contributed by atoms with Crippen LogP contribution >= 0.6 is 0 Å². The van der Waals surface area contributed by atoms with E-state index in [-0.39, 0.29) is 0 Å². The molecule has 0 unspecified atom stereocenters. The lowest BCUT2D eigenvalue weighted by molar-refractivity contribution is 0.0329. The third-order valence-corrected chi connectivity index (χ3v) is 3.58. The molecule has 1 fully saturated rings. The van der Waals surface area contributed by atoms with Crippen LogP contribution in [0.2, 0.25) is 0 Å². The van der Waals surface area contributed by atoms with Crippen molar-refractivity contribution in [3.05, 3.63) is 42.5 Å². The van der Waals surface area contributed by atoms with Crippen LogP contribution in [0.5, 0.6) is 0 Å². The van der Waals surface area contributed by atoms with Gasteiger partial charge in [0.25, 0.3) is 0 Å². The lowest BCUT2D eigenvalue weighted by atomic mass is 9.89. The van der Waals surface area contributed by atoms with Gasteiger partial charge in [0, 0.05) is 24.2 Å². The summed E-state index contributed by atoms with van der Waals surface area (Å²) in [5.41, 5.74) is 1.24. The zero-order valence-electron chi connectivity index (χ0n) is 10.0. The average molecular weight is 227 g/mol. The number of hydrogen-bond acceptors (Lipinski definition) is 2. The number of fused-ring (bicyclic) bond motifs is 1. The molecule has 1 aliphatic rings. The number of hydrogen-bond donors (Lipinski definition) is 1. The fraction of sp³-hybridized carbons (Fsp3) is 0.333. The minimum absolute atomic E-state index is 0.447. The Morgan fingerprint density at radius 2 is 1.82 bits per heavy atom. The highest BCUT2D eigenvalue weighted by Crippen LogP contribution is 2.29. The molecule has 2 aromatic rings. The SMILES string of the molecule is COC1CC(Nc2cccc3ccccc23)C1. The predicted molar refractivity (Wildman–Crippen MR) is 71.4 cm³/mol. The molecule has 0 aromatic heterocycles. The number of anilines is 1. The van der Waals surface area contributed by atoms with Crippen molar-refractivity contribution < 1.29 is 4.74 Å². The van der Waals surface area contributed by atoms with Crippen LogP contribution in [-0.2, 0) is 4.74 Å². The summed E-state index contributed by atoms with van der Waals surface area (Å²) in [7, 11) is 1.79. The van der Waals surface area contributed by atoms with Gasteiger partial charge >= 0.3 is 0 Å². The molecule has 17 heavy (non-hydrogen) atoms. The number of methoxy groups -OCH3 is 1. The molecule has 1 aliphatic carbocycles. The van der Waals surface area contributed by atoms with Crippen LogP contribution in [0.3, 0.4) is 0 Å². The first-order valence-corrected chi connectivity index (χ1v) is 6.14. The van der Waals surface area contributed by atoms with Crippen LogP contribution in [0.4, 0.5) is 5.69 Å². The summed E-state index contributed by atoms with van der Waals surface area (Å²) in [5, 5.41) is 6.20. The number of rotatable bonds is 3. The second-order valence-corrected chi connectivity index (χ2v) is 4.70. The van der Waals surface area contributed by atoms with Crippen LogP contribution in [0.1, 0.15) is 12.8 Å². The Morgan fingerprint density at radius 1 is 1.06 bits per heavy atom. The molecular formula is C15H17NO. The minimum Gasteiger partial charge on any atom is -0.382 e. The van der Waals surface area contributed by atoms with Crippen molar-refractivity contribution in [2.45, 2.75) is 25.0 Å². The molecule has 2 nitrogen and oxygen atoms in total. The van der Waals surface area contributed by atoms with E-state index in [1.165, 1.54) is 16.5 Å². The van der Waals surface area contributed by atoms with Crippen molar-refractivity contribution in [2.24, 2.45) is 0 Å². The van der Waals surface area contributed by atoms with E-state index in [0.717, 1.165) is 12.8 Å². The first kappa shape index (κ1) is 10.6. The minimum atomic E-state index is 0.447. The zero-order chi connectivity index (χ0) is 11.7. The highest BCUT2D eigenvalue weighted by molar-refractivity contribution is 5.93. The summed E-state index contributed by atoms with van der Waals surface area (Å²) in [4.78, 5) is 0. The van der Waals surface area contributed by atoms with Crippen molar-refractivity contribution in [1.82, 2.24) is 0 Å². The topological polar surface area (TPSA) is 21.3 Å². The second-order valence-electron chi connectivity index (χ2n) is 4.70. The van der Waals surface area contributed by atoms with Gasteiger partial charge < -0.3 is 10.1 Å². The molecule has 2 aromatic carbocycles. The van der Waals surface area contributed by atoms with E-state index in [0.29, 0.717) is 12.1 Å². The number of nitrogens with one attached hydrogen (secondary N) is 1. The molecule has 3 rings (SSSR count). The van der Waals surface area contributed by atoms with Gasteiger partial charge in [0.1, 0.15) is 0 Å². The van der Waals surface area contributed by atoms with Gasteiger partial charge in [-0.05, 0) is 24.3 Å². The molecular weight excluding hydrogens is 210 g/mol. The summed E-state index contributed by atoms with van der Waals surface area (Å²) in [6.07, 6.45) is 2.67. The van der Waals surface area contributed by atoms with Gasteiger partial charge in [-0.1, -0.05) is 36.4 Å². The van der Waals surface area contributed by atoms with E-state index < -0.39 is 0 Å². The van der Waals surface area contributed by atoms with Crippen molar-refractivity contribution in [1.29, 1.82) is 0 Å². The lowest BCUT2D eigenvalue weighted by Gasteiger charge is -2.35. The van der Waals surface area contributed by atoms with Gasteiger partial charge in [0.15, 0.2) is 0 Å². The molecule has 0 radical (unpaired) electrons. The van der Waals surface area contributed by atoms with Gasteiger partial charge in [-0.15, -0.1) is 0 Å². The summed E-state index contributed by atoms with van der Waals surface area (Å²) >= 11 is 0. The van der Waals surface area contributed by atoms with Crippen LogP contribution in [0, 0.1) is 0 Å². The Bertz CT molecular complexity index is 512. The van der Waals surface area contributed by atoms with Gasteiger partial charge in [0.05, 0.1) is 6.10 Å². The maximum absolute atomic E-state index is 5.30. The third kappa shape index (κ3) is 2.01. The molecule has 0 bridgehead atoms. The van der Waals surface area contributed by atoms with Crippen molar-refractivity contribution in [3.63, 3.8) is 0 Å². The fourth-order valence-corrected chi connectivity index (χ4v) is 2.45. The summed E-state index contributed by atoms with van der Waals surface area (Å²) in [6.45, 7) is 0. The molecule has 0 saturated heterocycles. The number of ether oxygens (including phenoxy) is 1. The highest BCUT2D eigenvalue weighted by Gasteiger charge is 2.28. The van der Waals surface area contributed by atoms with E-state index >= 15 is 0 Å². The van der Waals surface area contributed by atoms with Crippen molar-refractivity contribution in [2.75, 3.05) is 12.4 Å². The first-order chi connectivity index (χ1) is 8.36. The van der Waals surface area contributed by atoms with Gasteiger partial charge in [0.2, 0.25) is 0 Å². The largest absolute Gasteiger partial charge is 0.382 e. The Morgan fingerprint density at radius 3 is 2.65 bits per heavy atom. The Balaban J connectivity index is 1.81. The van der Waals surface area contributed by atoms with Gasteiger partial charge in [-0.25, -0.2) is 0 Å². The average Bonchev–Trinajstić information content (AvgIpc) is 2.33. The van der Waals surface area contributed by atoms with E-state index in [1.807, 2.05) is 0 Å². The monoisotopic (exact) mass is 227 g/mol.